The van der Waals surface area contributed by atoms with Gasteiger partial charge in [0.15, 0.2) is 5.78 Å². The first-order valence-electron chi connectivity index (χ1n) is 14.2. The van der Waals surface area contributed by atoms with E-state index in [-0.39, 0.29) is 17.7 Å². The number of rotatable bonds is 12. The van der Waals surface area contributed by atoms with E-state index >= 15 is 0 Å². The zero-order chi connectivity index (χ0) is 27.0. The Bertz CT molecular complexity index is 1120. The summed E-state index contributed by atoms with van der Waals surface area (Å²) >= 11 is 0. The van der Waals surface area contributed by atoms with Gasteiger partial charge in [-0.2, -0.15) is 0 Å². The van der Waals surface area contributed by atoms with Gasteiger partial charge in [-0.05, 0) is 48.1 Å². The van der Waals surface area contributed by atoms with Gasteiger partial charge in [0.2, 0.25) is 0 Å². The van der Waals surface area contributed by atoms with Gasteiger partial charge >= 0.3 is 5.97 Å². The fourth-order valence-electron chi connectivity index (χ4n) is 6.04. The van der Waals surface area contributed by atoms with Gasteiger partial charge in [-0.1, -0.05) is 106 Å². The second kappa shape index (κ2) is 12.9. The van der Waals surface area contributed by atoms with Gasteiger partial charge < -0.3 is 9.64 Å². The Morgan fingerprint density at radius 1 is 0.816 bits per heavy atom. The van der Waals surface area contributed by atoms with E-state index in [0.717, 1.165) is 50.0 Å². The summed E-state index contributed by atoms with van der Waals surface area (Å²) in [4.78, 5) is 29.3. The van der Waals surface area contributed by atoms with E-state index in [1.54, 1.807) is 0 Å². The zero-order valence-electron chi connectivity index (χ0n) is 23.1. The highest BCUT2D eigenvalue weighted by atomic mass is 16.6. The van der Waals surface area contributed by atoms with Crippen LogP contribution in [0.15, 0.2) is 84.9 Å². The molecule has 0 amide bonds. The van der Waals surface area contributed by atoms with Crippen molar-refractivity contribution in [1.82, 2.24) is 0 Å². The van der Waals surface area contributed by atoms with Crippen LogP contribution in [0, 0.1) is 5.92 Å². The van der Waals surface area contributed by atoms with Gasteiger partial charge in [0.25, 0.3) is 0 Å². The lowest BCUT2D eigenvalue weighted by Gasteiger charge is -2.40. The molecule has 1 unspecified atom stereocenters. The zero-order valence-corrected chi connectivity index (χ0v) is 23.1. The number of ketones is 1. The van der Waals surface area contributed by atoms with Crippen LogP contribution >= 0.6 is 0 Å². The largest absolute Gasteiger partial charge is 0.458 e. The molecular formula is C34H41NO3. The summed E-state index contributed by atoms with van der Waals surface area (Å²) in [5.41, 5.74) is 3.93. The number of benzene rings is 3. The number of nitrogens with zero attached hydrogens (tertiary/aromatic N) is 1. The van der Waals surface area contributed by atoms with Crippen LogP contribution in [0.1, 0.15) is 81.9 Å². The maximum atomic E-state index is 13.5. The molecule has 0 saturated carbocycles. The molecule has 0 bridgehead atoms. The number of esters is 1. The third-order valence-corrected chi connectivity index (χ3v) is 7.76. The minimum Gasteiger partial charge on any atom is -0.458 e. The Hall–Kier alpha value is -3.40. The number of ether oxygens (including phenoxy) is 1. The molecule has 4 nitrogen and oxygen atoms in total. The first-order chi connectivity index (χ1) is 18.5. The lowest BCUT2D eigenvalue weighted by atomic mass is 9.74. The van der Waals surface area contributed by atoms with Crippen LogP contribution in [-0.4, -0.2) is 17.4 Å². The van der Waals surface area contributed by atoms with Crippen molar-refractivity contribution < 1.29 is 14.3 Å². The average Bonchev–Trinajstić information content (AvgIpc) is 2.92. The quantitative estimate of drug-likeness (QED) is 0.183. The molecule has 2 atom stereocenters. The monoisotopic (exact) mass is 511 g/mol. The molecule has 0 N–H and O–H groups in total. The molecule has 1 heterocycles. The number of hydrogen-bond acceptors (Lipinski definition) is 4. The molecule has 0 aliphatic carbocycles. The Labute approximate surface area is 228 Å². The van der Waals surface area contributed by atoms with E-state index in [2.05, 4.69) is 92.4 Å². The van der Waals surface area contributed by atoms with Crippen molar-refractivity contribution in [1.29, 1.82) is 0 Å². The predicted molar refractivity (Wildman–Crippen MR) is 154 cm³/mol. The van der Waals surface area contributed by atoms with Crippen molar-refractivity contribution in [3.8, 4) is 0 Å². The summed E-state index contributed by atoms with van der Waals surface area (Å²) in [6.07, 6.45) is 4.29. The molecule has 38 heavy (non-hydrogen) atoms. The van der Waals surface area contributed by atoms with Crippen molar-refractivity contribution in [2.75, 3.05) is 4.90 Å². The fraction of sp³-hybridized carbons (Fsp3) is 0.412. The van der Waals surface area contributed by atoms with Gasteiger partial charge in [0.1, 0.15) is 11.5 Å². The maximum Gasteiger partial charge on any atom is 0.317 e. The summed E-state index contributed by atoms with van der Waals surface area (Å²) in [5.74, 6) is -1.25. The van der Waals surface area contributed by atoms with E-state index < -0.39 is 11.5 Å². The molecule has 4 rings (SSSR count). The standard InChI is InChI=1S/C34H41NO3/c1-4-20-34(21-5-2)23-31(36)32(33(37)38-34)30(6-3)28-18-13-19-29(22-28)35(24-26-14-9-7-10-15-26)25-27-16-11-8-12-17-27/h7-19,22,30,32H,4-6,20-21,23-25H2,1-3H3/t30-,32?/m0/s1. The fourth-order valence-corrected chi connectivity index (χ4v) is 6.04. The van der Waals surface area contributed by atoms with E-state index in [4.69, 9.17) is 4.74 Å². The molecule has 1 saturated heterocycles. The SMILES string of the molecule is CCCC1(CCC)CC(=O)C([C@@H](CC)c2cccc(N(Cc3ccccc3)Cc3ccccc3)c2)C(=O)O1. The lowest BCUT2D eigenvalue weighted by Crippen LogP contribution is -2.49. The second-order valence-electron chi connectivity index (χ2n) is 10.7. The first kappa shape index (κ1) is 27.6. The summed E-state index contributed by atoms with van der Waals surface area (Å²) in [7, 11) is 0. The maximum absolute atomic E-state index is 13.5. The predicted octanol–water partition coefficient (Wildman–Crippen LogP) is 7.86. The number of cyclic esters (lactones) is 1. The van der Waals surface area contributed by atoms with Crippen LogP contribution in [-0.2, 0) is 27.4 Å². The molecular weight excluding hydrogens is 470 g/mol. The van der Waals surface area contributed by atoms with Crippen molar-refractivity contribution in [3.63, 3.8) is 0 Å². The molecule has 0 spiro atoms. The molecule has 0 radical (unpaired) electrons. The highest BCUT2D eigenvalue weighted by Crippen LogP contribution is 2.41. The van der Waals surface area contributed by atoms with Crippen LogP contribution in [0.3, 0.4) is 0 Å². The molecule has 3 aromatic carbocycles. The van der Waals surface area contributed by atoms with Crippen molar-refractivity contribution in [2.24, 2.45) is 5.92 Å². The molecule has 200 valence electrons. The summed E-state index contributed by atoms with van der Waals surface area (Å²) < 4.78 is 6.11. The normalized spacial score (nSPS) is 17.6. The number of carbonyl (C=O) groups excluding carboxylic acids is 2. The molecule has 0 aromatic heterocycles. The van der Waals surface area contributed by atoms with Crippen molar-refractivity contribution in [2.45, 2.75) is 83.9 Å². The summed E-state index contributed by atoms with van der Waals surface area (Å²) in [5, 5.41) is 0. The third-order valence-electron chi connectivity index (χ3n) is 7.76. The van der Waals surface area contributed by atoms with Crippen LogP contribution in [0.5, 0.6) is 0 Å². The summed E-state index contributed by atoms with van der Waals surface area (Å²) in [6, 6.07) is 29.3. The Morgan fingerprint density at radius 2 is 1.39 bits per heavy atom. The molecule has 3 aromatic rings. The van der Waals surface area contributed by atoms with E-state index in [1.807, 2.05) is 18.2 Å². The topological polar surface area (TPSA) is 46.6 Å². The smallest absolute Gasteiger partial charge is 0.317 e. The van der Waals surface area contributed by atoms with Crippen molar-refractivity contribution in [3.05, 3.63) is 102 Å². The minimum atomic E-state index is -0.742. The van der Waals surface area contributed by atoms with Crippen molar-refractivity contribution >= 4 is 17.4 Å². The van der Waals surface area contributed by atoms with Crippen LogP contribution in [0.25, 0.3) is 0 Å². The Kier molecular flexibility index (Phi) is 9.38. The van der Waals surface area contributed by atoms with Crippen LogP contribution in [0.2, 0.25) is 0 Å². The minimum absolute atomic E-state index is 0.0332. The van der Waals surface area contributed by atoms with Gasteiger partial charge in [-0.15, -0.1) is 0 Å². The van der Waals surface area contributed by atoms with E-state index in [1.165, 1.54) is 11.1 Å². The highest BCUT2D eigenvalue weighted by molar-refractivity contribution is 6.02. The number of hydrogen-bond donors (Lipinski definition) is 0. The Balaban J connectivity index is 1.62. The van der Waals surface area contributed by atoms with Gasteiger partial charge in [-0.25, -0.2) is 0 Å². The number of Topliss-reactive ketones (excluding diaryl/α,β-unsaturated/α-hetero) is 1. The lowest BCUT2D eigenvalue weighted by molar-refractivity contribution is -0.180. The average molecular weight is 512 g/mol. The molecule has 1 aliphatic heterocycles. The van der Waals surface area contributed by atoms with Gasteiger partial charge in [-0.3, -0.25) is 9.59 Å². The molecule has 1 aliphatic rings. The van der Waals surface area contributed by atoms with Crippen LogP contribution < -0.4 is 4.90 Å². The van der Waals surface area contributed by atoms with Crippen LogP contribution in [0.4, 0.5) is 5.69 Å². The molecule has 1 fully saturated rings. The second-order valence-corrected chi connectivity index (χ2v) is 10.7. The Morgan fingerprint density at radius 3 is 1.89 bits per heavy atom. The van der Waals surface area contributed by atoms with Gasteiger partial charge in [0.05, 0.1) is 0 Å². The summed E-state index contributed by atoms with van der Waals surface area (Å²) in [6.45, 7) is 7.75. The highest BCUT2D eigenvalue weighted by Gasteiger charge is 2.48. The van der Waals surface area contributed by atoms with E-state index in [9.17, 15) is 9.59 Å². The number of anilines is 1. The van der Waals surface area contributed by atoms with Gasteiger partial charge in [0, 0.05) is 31.1 Å². The van der Waals surface area contributed by atoms with E-state index in [0.29, 0.717) is 12.8 Å². The third kappa shape index (κ3) is 6.53. The first-order valence-corrected chi connectivity index (χ1v) is 14.2. The molecule has 4 heteroatoms. The number of carbonyl (C=O) groups is 2.